The van der Waals surface area contributed by atoms with E-state index in [0.29, 0.717) is 35.8 Å². The average molecular weight is 559 g/mol. The zero-order chi connectivity index (χ0) is 28.8. The number of rotatable bonds is 11. The molecule has 4 N–H and O–H groups in total. The molecule has 0 radical (unpaired) electrons. The van der Waals surface area contributed by atoms with Crippen molar-refractivity contribution in [1.82, 2.24) is 10.6 Å². The number of carboxylic acids is 1. The minimum absolute atomic E-state index is 0.0116. The lowest BCUT2D eigenvalue weighted by molar-refractivity contribution is -0.137. The predicted octanol–water partition coefficient (Wildman–Crippen LogP) is 3.39. The van der Waals surface area contributed by atoms with Gasteiger partial charge in [0, 0.05) is 24.5 Å². The number of ketones is 1. The molecule has 11 heteroatoms. The molecular formula is C30H30N4O7. The molecule has 5 rings (SSSR count). The van der Waals surface area contributed by atoms with Crippen molar-refractivity contribution in [3.63, 3.8) is 0 Å². The standard InChI is InChI=1S/C30H30N4O7/c35-23(14-28(36)33-24(15-29(37)38)21-7-9-26-27(12-21)41-18-40-26)17-34-11-10-20-6-8-22(13-25(20)34)32-30(39)31-16-19-4-2-1-3-5-19/h1-9,12-13,24H,10-11,14-18H2,(H,33,36)(H,37,38)(H2,31,32,39). The number of nitrogens with zero attached hydrogens (tertiary/aromatic N) is 1. The predicted molar refractivity (Wildman–Crippen MR) is 150 cm³/mol. The van der Waals surface area contributed by atoms with E-state index < -0.39 is 24.3 Å². The van der Waals surface area contributed by atoms with Crippen LogP contribution < -0.4 is 30.3 Å². The Balaban J connectivity index is 1.16. The number of ether oxygens (including phenoxy) is 2. The highest BCUT2D eigenvalue weighted by molar-refractivity contribution is 6.00. The summed E-state index contributed by atoms with van der Waals surface area (Å²) in [5.74, 6) is -0.955. The van der Waals surface area contributed by atoms with Crippen molar-refractivity contribution < 1.29 is 33.8 Å². The molecule has 212 valence electrons. The Labute approximate surface area is 236 Å². The average Bonchev–Trinajstić information content (AvgIpc) is 3.58. The van der Waals surface area contributed by atoms with Crippen LogP contribution in [0.1, 0.15) is 35.6 Å². The molecule has 0 aromatic heterocycles. The second kappa shape index (κ2) is 12.4. The maximum atomic E-state index is 12.9. The fourth-order valence-corrected chi connectivity index (χ4v) is 4.89. The quantitative estimate of drug-likeness (QED) is 0.262. The van der Waals surface area contributed by atoms with E-state index in [2.05, 4.69) is 16.0 Å². The van der Waals surface area contributed by atoms with E-state index in [9.17, 15) is 24.3 Å². The van der Waals surface area contributed by atoms with Gasteiger partial charge in [0.25, 0.3) is 0 Å². The number of Topliss-reactive ketones (excluding diaryl/α,β-unsaturated/α-hetero) is 1. The molecule has 2 aliphatic heterocycles. The molecule has 1 atom stereocenters. The van der Waals surface area contributed by atoms with Crippen molar-refractivity contribution in [3.8, 4) is 11.5 Å². The second-order valence-electron chi connectivity index (χ2n) is 9.85. The molecule has 0 bridgehead atoms. The van der Waals surface area contributed by atoms with Gasteiger partial charge >= 0.3 is 12.0 Å². The van der Waals surface area contributed by atoms with E-state index in [0.717, 1.165) is 23.2 Å². The molecule has 11 nitrogen and oxygen atoms in total. The Hall–Kier alpha value is -5.06. The maximum Gasteiger partial charge on any atom is 0.319 e. The topological polar surface area (TPSA) is 146 Å². The van der Waals surface area contributed by atoms with Crippen LogP contribution in [-0.2, 0) is 27.3 Å². The van der Waals surface area contributed by atoms with Crippen LogP contribution in [0.5, 0.6) is 11.5 Å². The van der Waals surface area contributed by atoms with E-state index >= 15 is 0 Å². The number of anilines is 2. The Bertz CT molecular complexity index is 1460. The second-order valence-corrected chi connectivity index (χ2v) is 9.85. The molecule has 0 aliphatic carbocycles. The lowest BCUT2D eigenvalue weighted by Crippen LogP contribution is -2.35. The number of carboxylic acid groups (broad SMARTS) is 1. The monoisotopic (exact) mass is 558 g/mol. The van der Waals surface area contributed by atoms with Gasteiger partial charge in [-0.2, -0.15) is 0 Å². The van der Waals surface area contributed by atoms with E-state index in [1.807, 2.05) is 53.4 Å². The number of fused-ring (bicyclic) bond motifs is 2. The Kier molecular flexibility index (Phi) is 8.33. The highest BCUT2D eigenvalue weighted by Crippen LogP contribution is 2.35. The number of carbonyl (C=O) groups is 4. The maximum absolute atomic E-state index is 12.9. The summed E-state index contributed by atoms with van der Waals surface area (Å²) in [6.45, 7) is 1.08. The molecule has 41 heavy (non-hydrogen) atoms. The number of hydrogen-bond acceptors (Lipinski definition) is 7. The van der Waals surface area contributed by atoms with Gasteiger partial charge in [-0.25, -0.2) is 4.79 Å². The SMILES string of the molecule is O=C(O)CC(NC(=O)CC(=O)CN1CCc2ccc(NC(=O)NCc3ccccc3)cc21)c1ccc2c(c1)OCO2. The lowest BCUT2D eigenvalue weighted by atomic mass is 10.0. The number of benzene rings is 3. The third-order valence-electron chi connectivity index (χ3n) is 6.87. The first kappa shape index (κ1) is 27.5. The van der Waals surface area contributed by atoms with Gasteiger partial charge in [-0.1, -0.05) is 42.5 Å². The lowest BCUT2D eigenvalue weighted by Gasteiger charge is -2.20. The molecule has 0 saturated heterocycles. The zero-order valence-electron chi connectivity index (χ0n) is 22.2. The van der Waals surface area contributed by atoms with Crippen molar-refractivity contribution in [2.45, 2.75) is 31.8 Å². The van der Waals surface area contributed by atoms with Crippen molar-refractivity contribution in [2.24, 2.45) is 0 Å². The number of aliphatic carboxylic acids is 1. The van der Waals surface area contributed by atoms with Crippen LogP contribution in [0.15, 0.2) is 66.7 Å². The number of nitrogens with one attached hydrogen (secondary N) is 3. The Morgan fingerprint density at radius 1 is 0.951 bits per heavy atom. The van der Waals surface area contributed by atoms with E-state index in [4.69, 9.17) is 9.47 Å². The first-order chi connectivity index (χ1) is 19.8. The fraction of sp³-hybridized carbons (Fsp3) is 0.267. The van der Waals surface area contributed by atoms with Crippen molar-refractivity contribution >= 4 is 35.1 Å². The molecule has 1 unspecified atom stereocenters. The van der Waals surface area contributed by atoms with Crippen LogP contribution in [0.2, 0.25) is 0 Å². The van der Waals surface area contributed by atoms with Crippen molar-refractivity contribution in [2.75, 3.05) is 30.1 Å². The summed E-state index contributed by atoms with van der Waals surface area (Å²) in [4.78, 5) is 51.3. The molecule has 0 saturated carbocycles. The molecule has 3 amide bonds. The minimum atomic E-state index is -1.09. The van der Waals surface area contributed by atoms with Crippen LogP contribution >= 0.6 is 0 Å². The zero-order valence-corrected chi connectivity index (χ0v) is 22.2. The van der Waals surface area contributed by atoms with Crippen LogP contribution in [0, 0.1) is 0 Å². The summed E-state index contributed by atoms with van der Waals surface area (Å²) in [5.41, 5.74) is 3.98. The van der Waals surface area contributed by atoms with Gasteiger partial charge in [0.05, 0.1) is 25.4 Å². The van der Waals surface area contributed by atoms with E-state index in [-0.39, 0.29) is 31.6 Å². The van der Waals surface area contributed by atoms with Gasteiger partial charge in [-0.3, -0.25) is 14.4 Å². The Morgan fingerprint density at radius 2 is 1.76 bits per heavy atom. The number of urea groups is 1. The summed E-state index contributed by atoms with van der Waals surface area (Å²) >= 11 is 0. The molecule has 3 aromatic carbocycles. The van der Waals surface area contributed by atoms with E-state index in [1.165, 1.54) is 0 Å². The summed E-state index contributed by atoms with van der Waals surface area (Å²) in [6.07, 6.45) is -0.0137. The van der Waals surface area contributed by atoms with Gasteiger partial charge in [0.15, 0.2) is 17.3 Å². The number of amides is 3. The smallest absolute Gasteiger partial charge is 0.319 e. The highest BCUT2D eigenvalue weighted by Gasteiger charge is 2.25. The summed E-state index contributed by atoms with van der Waals surface area (Å²) in [5, 5.41) is 17.7. The fourth-order valence-electron chi connectivity index (χ4n) is 4.89. The molecular weight excluding hydrogens is 528 g/mol. The van der Waals surface area contributed by atoms with Crippen LogP contribution in [0.4, 0.5) is 16.2 Å². The third-order valence-corrected chi connectivity index (χ3v) is 6.87. The largest absolute Gasteiger partial charge is 0.481 e. The highest BCUT2D eigenvalue weighted by atomic mass is 16.7. The Morgan fingerprint density at radius 3 is 2.56 bits per heavy atom. The van der Waals surface area contributed by atoms with Crippen LogP contribution in [0.3, 0.4) is 0 Å². The van der Waals surface area contributed by atoms with Gasteiger partial charge in [0.1, 0.15) is 0 Å². The first-order valence-corrected chi connectivity index (χ1v) is 13.2. The molecule has 0 fully saturated rings. The first-order valence-electron chi connectivity index (χ1n) is 13.2. The van der Waals surface area contributed by atoms with Crippen LogP contribution in [-0.4, -0.2) is 48.7 Å². The normalized spacial score (nSPS) is 13.7. The summed E-state index contributed by atoms with van der Waals surface area (Å²) < 4.78 is 10.6. The third kappa shape index (κ3) is 7.13. The minimum Gasteiger partial charge on any atom is -0.481 e. The molecule has 2 aliphatic rings. The van der Waals surface area contributed by atoms with Crippen molar-refractivity contribution in [1.29, 1.82) is 0 Å². The number of hydrogen-bond donors (Lipinski definition) is 4. The van der Waals surface area contributed by atoms with Gasteiger partial charge in [-0.15, -0.1) is 0 Å². The molecule has 0 spiro atoms. The van der Waals surface area contributed by atoms with Gasteiger partial charge in [-0.05, 0) is 47.4 Å². The van der Waals surface area contributed by atoms with E-state index in [1.54, 1.807) is 18.2 Å². The van der Waals surface area contributed by atoms with Gasteiger partial charge in [0.2, 0.25) is 12.7 Å². The van der Waals surface area contributed by atoms with Crippen molar-refractivity contribution in [3.05, 3.63) is 83.4 Å². The summed E-state index contributed by atoms with van der Waals surface area (Å²) in [7, 11) is 0. The van der Waals surface area contributed by atoms with Gasteiger partial charge < -0.3 is 35.4 Å². The summed E-state index contributed by atoms with van der Waals surface area (Å²) in [6, 6.07) is 18.9. The molecule has 3 aromatic rings. The molecule has 2 heterocycles. The van der Waals surface area contributed by atoms with Crippen LogP contribution in [0.25, 0.3) is 0 Å². The number of carbonyl (C=O) groups excluding carboxylic acids is 3.